The number of hydrogen-bond acceptors (Lipinski definition) is 4. The highest BCUT2D eigenvalue weighted by molar-refractivity contribution is 9.13. The Labute approximate surface area is 135 Å². The Hall–Kier alpha value is -0.150. The number of aliphatic hydroxyl groups is 1. The largest absolute Gasteiger partial charge is 0.450 e. The maximum atomic E-state index is 10.4. The molecule has 0 saturated carbocycles. The zero-order chi connectivity index (χ0) is 14.0. The summed E-state index contributed by atoms with van der Waals surface area (Å²) in [4.78, 5) is 0. The average molecular weight is 459 g/mol. The second kappa shape index (κ2) is 6.53. The number of ether oxygens (including phenoxy) is 1. The molecule has 0 radical (unpaired) electrons. The Bertz CT molecular complexity index is 548. The van der Waals surface area contributed by atoms with Gasteiger partial charge in [-0.2, -0.15) is 5.10 Å². The molecule has 5 nitrogen and oxygen atoms in total. The third kappa shape index (κ3) is 3.30. The third-order valence-corrected chi connectivity index (χ3v) is 4.85. The molecule has 2 heterocycles. The zero-order valence-corrected chi connectivity index (χ0v) is 14.7. The fourth-order valence-electron chi connectivity index (χ4n) is 1.63. The highest BCUT2D eigenvalue weighted by Gasteiger charge is 2.23. The summed E-state index contributed by atoms with van der Waals surface area (Å²) in [5.74, 6) is 0.429. The van der Waals surface area contributed by atoms with E-state index < -0.39 is 6.10 Å². The summed E-state index contributed by atoms with van der Waals surface area (Å²) in [7, 11) is 1.62. The normalized spacial score (nSPS) is 12.9. The van der Waals surface area contributed by atoms with Gasteiger partial charge in [-0.1, -0.05) is 0 Å². The van der Waals surface area contributed by atoms with Gasteiger partial charge >= 0.3 is 0 Å². The summed E-state index contributed by atoms with van der Waals surface area (Å²) in [5, 5.41) is 14.6. The molecule has 0 aliphatic rings. The van der Waals surface area contributed by atoms with Crippen LogP contribution < -0.4 is 0 Å². The topological polar surface area (TPSA) is 60.4 Å². The second-order valence-corrected chi connectivity index (χ2v) is 6.20. The van der Waals surface area contributed by atoms with Crippen molar-refractivity contribution in [2.24, 2.45) is 0 Å². The van der Waals surface area contributed by atoms with Crippen LogP contribution in [0.15, 0.2) is 30.3 Å². The maximum absolute atomic E-state index is 10.4. The first-order valence-electron chi connectivity index (χ1n) is 5.37. The van der Waals surface area contributed by atoms with Gasteiger partial charge in [0, 0.05) is 7.11 Å². The van der Waals surface area contributed by atoms with Crippen LogP contribution in [-0.4, -0.2) is 28.6 Å². The number of aliphatic hydroxyl groups excluding tert-OH is 1. The lowest BCUT2D eigenvalue weighted by Gasteiger charge is -2.12. The van der Waals surface area contributed by atoms with E-state index >= 15 is 0 Å². The first-order valence-corrected chi connectivity index (χ1v) is 7.75. The van der Waals surface area contributed by atoms with Crippen molar-refractivity contribution in [2.75, 3.05) is 13.7 Å². The summed E-state index contributed by atoms with van der Waals surface area (Å²) >= 11 is 9.95. The maximum Gasteiger partial charge on any atom is 0.183 e. The van der Waals surface area contributed by atoms with Crippen molar-refractivity contribution in [3.63, 3.8) is 0 Å². The molecule has 8 heteroatoms. The van der Waals surface area contributed by atoms with Crippen LogP contribution in [0.4, 0.5) is 0 Å². The van der Waals surface area contributed by atoms with Crippen molar-refractivity contribution >= 4 is 47.8 Å². The van der Waals surface area contributed by atoms with Gasteiger partial charge in [-0.25, -0.2) is 0 Å². The Morgan fingerprint density at radius 2 is 2.16 bits per heavy atom. The summed E-state index contributed by atoms with van der Waals surface area (Å²) in [6.07, 6.45) is 0.734. The van der Waals surface area contributed by atoms with Crippen molar-refractivity contribution in [2.45, 2.75) is 12.6 Å². The molecule has 2 aromatic heterocycles. The predicted octanol–water partition coefficient (Wildman–Crippen LogP) is 3.49. The van der Waals surface area contributed by atoms with Crippen LogP contribution in [0.3, 0.4) is 0 Å². The lowest BCUT2D eigenvalue weighted by molar-refractivity contribution is 0.159. The smallest absolute Gasteiger partial charge is 0.183 e. The first kappa shape index (κ1) is 15.2. The quantitative estimate of drug-likeness (QED) is 0.745. The van der Waals surface area contributed by atoms with E-state index in [1.54, 1.807) is 24.1 Å². The van der Waals surface area contributed by atoms with Crippen LogP contribution in [0.25, 0.3) is 0 Å². The second-order valence-electron chi connectivity index (χ2n) is 3.77. The number of nitrogens with zero attached hydrogens (tertiary/aromatic N) is 2. The molecular formula is C11H11Br3N2O3. The Balaban J connectivity index is 2.32. The molecule has 0 saturated heterocycles. The zero-order valence-electron chi connectivity index (χ0n) is 9.94. The molecule has 2 aromatic rings. The molecule has 19 heavy (non-hydrogen) atoms. The molecule has 0 aromatic carbocycles. The van der Waals surface area contributed by atoms with Crippen LogP contribution in [0.1, 0.15) is 17.6 Å². The van der Waals surface area contributed by atoms with Crippen LogP contribution in [0.5, 0.6) is 0 Å². The van der Waals surface area contributed by atoms with Crippen LogP contribution in [0, 0.1) is 0 Å². The molecule has 0 bridgehead atoms. The number of methoxy groups -OCH3 is 1. The van der Waals surface area contributed by atoms with Gasteiger partial charge in [-0.05, 0) is 53.9 Å². The molecule has 1 N–H and O–H groups in total. The molecule has 1 atom stereocenters. The highest BCUT2D eigenvalue weighted by atomic mass is 79.9. The van der Waals surface area contributed by atoms with Crippen molar-refractivity contribution in [3.05, 3.63) is 37.3 Å². The van der Waals surface area contributed by atoms with E-state index in [0.29, 0.717) is 29.3 Å². The van der Waals surface area contributed by atoms with Gasteiger partial charge in [0.2, 0.25) is 0 Å². The fourth-order valence-corrected chi connectivity index (χ4v) is 2.75. The standard InChI is InChI=1S/C11H11Br3N2O3/c1-18-3-2-16-9(7(13)5-15-16)10(17)8-4-6(12)11(14)19-8/h4-5,10,17H,2-3H2,1H3. The van der Waals surface area contributed by atoms with E-state index in [1.165, 1.54) is 0 Å². The molecule has 0 fully saturated rings. The molecule has 2 rings (SSSR count). The van der Waals surface area contributed by atoms with Crippen LogP contribution in [-0.2, 0) is 11.3 Å². The highest BCUT2D eigenvalue weighted by Crippen LogP contribution is 2.34. The van der Waals surface area contributed by atoms with E-state index in [9.17, 15) is 5.11 Å². The Kier molecular flexibility index (Phi) is 5.24. The summed E-state index contributed by atoms with van der Waals surface area (Å²) in [6.45, 7) is 1.07. The number of hydrogen-bond donors (Lipinski definition) is 1. The summed E-state index contributed by atoms with van der Waals surface area (Å²) < 4.78 is 14.2. The number of rotatable bonds is 5. The van der Waals surface area contributed by atoms with Gasteiger partial charge in [-0.3, -0.25) is 4.68 Å². The van der Waals surface area contributed by atoms with E-state index in [4.69, 9.17) is 9.15 Å². The SMILES string of the molecule is COCCn1ncc(Br)c1C(O)c1cc(Br)c(Br)o1. The van der Waals surface area contributed by atoms with Gasteiger partial charge in [0.1, 0.15) is 5.76 Å². The minimum atomic E-state index is -0.906. The van der Waals surface area contributed by atoms with Gasteiger partial charge in [0.05, 0.1) is 34.0 Å². The van der Waals surface area contributed by atoms with Gasteiger partial charge < -0.3 is 14.3 Å². The summed E-state index contributed by atoms with van der Waals surface area (Å²) in [5.41, 5.74) is 0.630. The first-order chi connectivity index (χ1) is 9.04. The molecule has 0 aliphatic carbocycles. The summed E-state index contributed by atoms with van der Waals surface area (Å²) in [6, 6.07) is 1.72. The average Bonchev–Trinajstić information content (AvgIpc) is 2.90. The van der Waals surface area contributed by atoms with E-state index in [1.807, 2.05) is 0 Å². The fraction of sp³-hybridized carbons (Fsp3) is 0.364. The lowest BCUT2D eigenvalue weighted by atomic mass is 10.2. The number of furan rings is 1. The molecular weight excluding hydrogens is 448 g/mol. The molecule has 104 valence electrons. The number of halogens is 3. The van der Waals surface area contributed by atoms with Gasteiger partial charge in [-0.15, -0.1) is 0 Å². The van der Waals surface area contributed by atoms with Gasteiger partial charge in [0.15, 0.2) is 10.8 Å². The van der Waals surface area contributed by atoms with Crippen LogP contribution >= 0.6 is 47.8 Å². The minimum absolute atomic E-state index is 0.429. The van der Waals surface area contributed by atoms with Crippen molar-refractivity contribution in [1.82, 2.24) is 9.78 Å². The lowest BCUT2D eigenvalue weighted by Crippen LogP contribution is -2.13. The van der Waals surface area contributed by atoms with E-state index in [0.717, 1.165) is 8.95 Å². The minimum Gasteiger partial charge on any atom is -0.450 e. The van der Waals surface area contributed by atoms with Gasteiger partial charge in [0.25, 0.3) is 0 Å². The molecule has 0 spiro atoms. The monoisotopic (exact) mass is 456 g/mol. The molecule has 0 aliphatic heterocycles. The van der Waals surface area contributed by atoms with E-state index in [2.05, 4.69) is 52.9 Å². The van der Waals surface area contributed by atoms with E-state index in [-0.39, 0.29) is 0 Å². The Morgan fingerprint density at radius 3 is 2.74 bits per heavy atom. The Morgan fingerprint density at radius 1 is 1.42 bits per heavy atom. The third-order valence-electron chi connectivity index (χ3n) is 2.53. The van der Waals surface area contributed by atoms with Crippen LogP contribution in [0.2, 0.25) is 0 Å². The van der Waals surface area contributed by atoms with Crippen molar-refractivity contribution in [3.8, 4) is 0 Å². The molecule has 0 amide bonds. The number of aromatic nitrogens is 2. The van der Waals surface area contributed by atoms with Crippen molar-refractivity contribution < 1.29 is 14.3 Å². The predicted molar refractivity (Wildman–Crippen MR) is 80.0 cm³/mol. The van der Waals surface area contributed by atoms with Crippen molar-refractivity contribution in [1.29, 1.82) is 0 Å². The molecule has 1 unspecified atom stereocenters.